The number of rotatable bonds is 4. The first kappa shape index (κ1) is 23.8. The molecule has 3 aromatic rings. The number of primary amides is 1. The Morgan fingerprint density at radius 1 is 1.19 bits per heavy atom. The third-order valence-corrected chi connectivity index (χ3v) is 7.80. The van der Waals surface area contributed by atoms with Gasteiger partial charge >= 0.3 is 6.03 Å². The highest BCUT2D eigenvalue weighted by Crippen LogP contribution is 2.47. The van der Waals surface area contributed by atoms with Crippen LogP contribution in [0.25, 0.3) is 10.9 Å². The Balaban J connectivity index is 1.55. The smallest absolute Gasteiger partial charge is 0.314 e. The van der Waals surface area contributed by atoms with Gasteiger partial charge in [-0.15, -0.1) is 0 Å². The third kappa shape index (κ3) is 3.98. The van der Waals surface area contributed by atoms with Crippen LogP contribution in [0, 0.1) is 6.92 Å². The highest BCUT2D eigenvalue weighted by molar-refractivity contribution is 6.04. The number of benzene rings is 2. The van der Waals surface area contributed by atoms with Crippen LogP contribution in [0.15, 0.2) is 42.6 Å². The second-order valence-electron chi connectivity index (χ2n) is 10.3. The molecule has 3 N–H and O–H groups in total. The minimum absolute atomic E-state index is 0.0671. The SMILES string of the molecule is Cc1cc(CC(C(=O)N(C)C)N2C(=O)CC3(CCN(C(N)=O)CC3)c3ccccc32)cc2cn[nH]c12. The molecule has 2 aromatic carbocycles. The van der Waals surface area contributed by atoms with Crippen LogP contribution in [0.4, 0.5) is 10.5 Å². The maximum absolute atomic E-state index is 13.9. The van der Waals surface area contributed by atoms with Crippen molar-refractivity contribution in [2.75, 3.05) is 32.1 Å². The number of carbonyl (C=O) groups excluding carboxylic acids is 3. The van der Waals surface area contributed by atoms with Crippen LogP contribution in [-0.4, -0.2) is 71.1 Å². The number of urea groups is 1. The standard InChI is InChI=1S/C27H32N6O3/c1-17-12-18(13-19-16-29-30-24(17)19)14-22(25(35)31(2)3)33-21-7-5-4-6-20(21)27(15-23(33)34)8-10-32(11-9-27)26(28)36/h4-7,12-13,16,22H,8-11,14-15H2,1-3H3,(H2,28,36)(H,29,30). The number of hydrogen-bond acceptors (Lipinski definition) is 4. The predicted octanol–water partition coefficient (Wildman–Crippen LogP) is 2.72. The molecular weight excluding hydrogens is 456 g/mol. The summed E-state index contributed by atoms with van der Waals surface area (Å²) in [6.45, 7) is 3.04. The summed E-state index contributed by atoms with van der Waals surface area (Å²) in [6.07, 6.45) is 3.79. The number of piperidine rings is 1. The quantitative estimate of drug-likeness (QED) is 0.587. The van der Waals surface area contributed by atoms with Crippen molar-refractivity contribution in [1.82, 2.24) is 20.0 Å². The van der Waals surface area contributed by atoms with Crippen LogP contribution in [0.3, 0.4) is 0 Å². The zero-order valence-electron chi connectivity index (χ0n) is 21.0. The fourth-order valence-electron chi connectivity index (χ4n) is 5.92. The molecule has 1 aromatic heterocycles. The number of aromatic nitrogens is 2. The van der Waals surface area contributed by atoms with E-state index in [0.29, 0.717) is 38.8 Å². The lowest BCUT2D eigenvalue weighted by atomic mass is 9.67. The molecule has 36 heavy (non-hydrogen) atoms. The lowest BCUT2D eigenvalue weighted by Gasteiger charge is -2.48. The first-order valence-electron chi connectivity index (χ1n) is 12.3. The van der Waals surface area contributed by atoms with E-state index in [2.05, 4.69) is 22.3 Å². The fraction of sp³-hybridized carbons (Fsp3) is 0.407. The van der Waals surface area contributed by atoms with E-state index in [1.807, 2.05) is 31.2 Å². The number of anilines is 1. The molecule has 9 heteroatoms. The van der Waals surface area contributed by atoms with Gasteiger partial charge in [0.05, 0.1) is 11.7 Å². The zero-order chi connectivity index (χ0) is 25.6. The van der Waals surface area contributed by atoms with E-state index >= 15 is 0 Å². The van der Waals surface area contributed by atoms with Crippen LogP contribution < -0.4 is 10.6 Å². The van der Waals surface area contributed by atoms with Gasteiger partial charge in [0.2, 0.25) is 11.8 Å². The molecular formula is C27H32N6O3. The van der Waals surface area contributed by atoms with Gasteiger partial charge < -0.3 is 15.5 Å². The minimum Gasteiger partial charge on any atom is -0.351 e. The summed E-state index contributed by atoms with van der Waals surface area (Å²) < 4.78 is 0. The topological polar surface area (TPSA) is 116 Å². The number of nitrogens with one attached hydrogen (secondary N) is 1. The van der Waals surface area contributed by atoms with Gasteiger partial charge in [-0.1, -0.05) is 24.3 Å². The van der Waals surface area contributed by atoms with Gasteiger partial charge in [-0.05, 0) is 48.6 Å². The van der Waals surface area contributed by atoms with Crippen LogP contribution in [-0.2, 0) is 21.4 Å². The number of H-pyrrole nitrogens is 1. The van der Waals surface area contributed by atoms with Gasteiger partial charge in [-0.25, -0.2) is 4.79 Å². The normalized spacial score (nSPS) is 17.8. The number of aryl methyl sites for hydroxylation is 1. The van der Waals surface area contributed by atoms with Gasteiger partial charge in [0, 0.05) is 56.5 Å². The molecule has 1 spiro atoms. The van der Waals surface area contributed by atoms with E-state index in [1.54, 1.807) is 35.0 Å². The Labute approximate surface area is 210 Å². The van der Waals surface area contributed by atoms with Gasteiger partial charge in [0.1, 0.15) is 6.04 Å². The number of likely N-dealkylation sites (tertiary alicyclic amines) is 1. The van der Waals surface area contributed by atoms with Crippen molar-refractivity contribution >= 4 is 34.4 Å². The number of likely N-dealkylation sites (N-methyl/N-ethyl adjacent to an activating group) is 1. The summed E-state index contributed by atoms with van der Waals surface area (Å²) in [5.41, 5.74) is 9.97. The molecule has 3 heterocycles. The van der Waals surface area contributed by atoms with E-state index < -0.39 is 12.1 Å². The summed E-state index contributed by atoms with van der Waals surface area (Å²) in [5.74, 6) is -0.190. The first-order valence-corrected chi connectivity index (χ1v) is 12.3. The molecule has 1 unspecified atom stereocenters. The van der Waals surface area contributed by atoms with Crippen LogP contribution in [0.5, 0.6) is 0 Å². The average Bonchev–Trinajstić information content (AvgIpc) is 3.32. The Bertz CT molecular complexity index is 1340. The van der Waals surface area contributed by atoms with Crippen LogP contribution in [0.1, 0.15) is 36.0 Å². The van der Waals surface area contributed by atoms with Crippen molar-refractivity contribution in [2.24, 2.45) is 5.73 Å². The minimum atomic E-state index is -0.680. The molecule has 5 rings (SSSR count). The molecule has 1 saturated heterocycles. The monoisotopic (exact) mass is 488 g/mol. The zero-order valence-corrected chi connectivity index (χ0v) is 21.0. The Hall–Kier alpha value is -3.88. The van der Waals surface area contributed by atoms with E-state index in [0.717, 1.165) is 33.3 Å². The van der Waals surface area contributed by atoms with Crippen molar-refractivity contribution in [1.29, 1.82) is 0 Å². The first-order chi connectivity index (χ1) is 17.2. The highest BCUT2D eigenvalue weighted by Gasteiger charge is 2.48. The molecule has 1 atom stereocenters. The van der Waals surface area contributed by atoms with Gasteiger partial charge in [0.25, 0.3) is 0 Å². The third-order valence-electron chi connectivity index (χ3n) is 7.80. The number of para-hydroxylation sites is 1. The lowest BCUT2D eigenvalue weighted by molar-refractivity contribution is -0.133. The van der Waals surface area contributed by atoms with E-state index in [9.17, 15) is 14.4 Å². The van der Waals surface area contributed by atoms with E-state index in [1.165, 1.54) is 0 Å². The molecule has 0 radical (unpaired) electrons. The van der Waals surface area contributed by atoms with Crippen LogP contribution >= 0.6 is 0 Å². The van der Waals surface area contributed by atoms with Crippen molar-refractivity contribution in [3.05, 3.63) is 59.3 Å². The van der Waals surface area contributed by atoms with Crippen molar-refractivity contribution in [3.8, 4) is 0 Å². The van der Waals surface area contributed by atoms with Gasteiger partial charge in [0.15, 0.2) is 0 Å². The second-order valence-corrected chi connectivity index (χ2v) is 10.3. The predicted molar refractivity (Wildman–Crippen MR) is 138 cm³/mol. The Kier molecular flexibility index (Phi) is 5.94. The van der Waals surface area contributed by atoms with E-state index in [-0.39, 0.29) is 17.2 Å². The molecule has 2 aliphatic heterocycles. The summed E-state index contributed by atoms with van der Waals surface area (Å²) >= 11 is 0. The van der Waals surface area contributed by atoms with E-state index in [4.69, 9.17) is 5.73 Å². The molecule has 2 aliphatic rings. The molecule has 4 amide bonds. The number of hydrogen-bond donors (Lipinski definition) is 2. The molecule has 1 fully saturated rings. The number of aromatic amines is 1. The maximum atomic E-state index is 13.9. The lowest BCUT2D eigenvalue weighted by Crippen LogP contribution is -2.57. The fourth-order valence-corrected chi connectivity index (χ4v) is 5.92. The van der Waals surface area contributed by atoms with Crippen molar-refractivity contribution < 1.29 is 14.4 Å². The molecule has 0 aliphatic carbocycles. The average molecular weight is 489 g/mol. The van der Waals surface area contributed by atoms with Crippen LogP contribution in [0.2, 0.25) is 0 Å². The number of nitrogens with zero attached hydrogens (tertiary/aromatic N) is 4. The number of carbonyl (C=O) groups is 3. The Morgan fingerprint density at radius 2 is 1.92 bits per heavy atom. The second kappa shape index (κ2) is 8.96. The Morgan fingerprint density at radius 3 is 2.61 bits per heavy atom. The largest absolute Gasteiger partial charge is 0.351 e. The van der Waals surface area contributed by atoms with Gasteiger partial charge in [-0.3, -0.25) is 19.6 Å². The number of fused-ring (bicyclic) bond motifs is 3. The maximum Gasteiger partial charge on any atom is 0.314 e. The molecule has 0 bridgehead atoms. The van der Waals surface area contributed by atoms with Crippen molar-refractivity contribution in [3.63, 3.8) is 0 Å². The summed E-state index contributed by atoms with van der Waals surface area (Å²) in [7, 11) is 3.45. The summed E-state index contributed by atoms with van der Waals surface area (Å²) in [4.78, 5) is 44.0. The number of nitrogens with two attached hydrogens (primary N) is 1. The van der Waals surface area contributed by atoms with Gasteiger partial charge in [-0.2, -0.15) is 5.10 Å². The molecule has 188 valence electrons. The number of amides is 4. The van der Waals surface area contributed by atoms with Crippen molar-refractivity contribution in [2.45, 2.75) is 44.1 Å². The molecule has 9 nitrogen and oxygen atoms in total. The summed E-state index contributed by atoms with van der Waals surface area (Å²) in [5, 5.41) is 8.14. The summed E-state index contributed by atoms with van der Waals surface area (Å²) in [6, 6.07) is 10.9. The highest BCUT2D eigenvalue weighted by atomic mass is 16.2. The molecule has 0 saturated carbocycles.